The standard InChI is InChI=1S/C32H24Cl2F3N3O5S/c1-2-24(30-38-17-29(39-30)25-13-9-21(33)15-27(25)34)20-5-3-18(4-6-20)19-7-10-22(11-8-19)45-23-12-14-26(31(41)42)28(16-23)40-46(43,44)32(35,36)37/h3-17,24,40H,2H2,1H3,(H,38,39)(H,41,42). The van der Waals surface area contributed by atoms with Crippen LogP contribution in [0.3, 0.4) is 0 Å². The van der Waals surface area contributed by atoms with Gasteiger partial charge in [-0.2, -0.15) is 21.6 Å². The molecule has 0 bridgehead atoms. The van der Waals surface area contributed by atoms with E-state index in [1.807, 2.05) is 36.5 Å². The summed E-state index contributed by atoms with van der Waals surface area (Å²) in [6.45, 7) is 2.07. The van der Waals surface area contributed by atoms with Crippen molar-refractivity contribution in [3.63, 3.8) is 0 Å². The van der Waals surface area contributed by atoms with Gasteiger partial charge in [0.1, 0.15) is 17.3 Å². The first-order valence-corrected chi connectivity index (χ1v) is 15.8. The highest BCUT2D eigenvalue weighted by Crippen LogP contribution is 2.35. The third-order valence-electron chi connectivity index (χ3n) is 7.05. The summed E-state index contributed by atoms with van der Waals surface area (Å²) in [5.41, 5.74) is -2.80. The molecule has 1 atom stereocenters. The van der Waals surface area contributed by atoms with Crippen molar-refractivity contribution in [3.8, 4) is 33.9 Å². The fraction of sp³-hybridized carbons (Fsp3) is 0.125. The summed E-state index contributed by atoms with van der Waals surface area (Å²) < 4.78 is 68.7. The third-order valence-corrected chi connectivity index (χ3v) is 8.70. The topological polar surface area (TPSA) is 121 Å². The second kappa shape index (κ2) is 13.1. The number of hydrogen-bond acceptors (Lipinski definition) is 5. The Labute approximate surface area is 271 Å². The van der Waals surface area contributed by atoms with E-state index in [-0.39, 0.29) is 17.4 Å². The minimum Gasteiger partial charge on any atom is -0.478 e. The fourth-order valence-corrected chi connectivity index (χ4v) is 5.84. The van der Waals surface area contributed by atoms with E-state index in [2.05, 4.69) is 11.9 Å². The Kier molecular flexibility index (Phi) is 9.34. The van der Waals surface area contributed by atoms with E-state index in [0.717, 1.165) is 46.6 Å². The molecule has 0 saturated carbocycles. The molecule has 0 radical (unpaired) electrons. The number of H-pyrrole nitrogens is 1. The number of carbonyl (C=O) groups is 1. The predicted octanol–water partition coefficient (Wildman–Crippen LogP) is 9.34. The van der Waals surface area contributed by atoms with Gasteiger partial charge in [0.15, 0.2) is 0 Å². The van der Waals surface area contributed by atoms with Gasteiger partial charge < -0.3 is 14.8 Å². The van der Waals surface area contributed by atoms with Crippen molar-refractivity contribution in [2.24, 2.45) is 0 Å². The van der Waals surface area contributed by atoms with E-state index in [0.29, 0.717) is 15.7 Å². The van der Waals surface area contributed by atoms with Crippen LogP contribution in [-0.4, -0.2) is 35.0 Å². The minimum absolute atomic E-state index is 0.00247. The van der Waals surface area contributed by atoms with Crippen molar-refractivity contribution in [1.29, 1.82) is 0 Å². The first-order valence-electron chi connectivity index (χ1n) is 13.6. The summed E-state index contributed by atoms with van der Waals surface area (Å²) >= 11 is 12.4. The number of nitrogens with zero attached hydrogens (tertiary/aromatic N) is 1. The number of alkyl halides is 3. The van der Waals surface area contributed by atoms with Crippen LogP contribution in [0.1, 0.15) is 41.0 Å². The zero-order chi connectivity index (χ0) is 33.2. The summed E-state index contributed by atoms with van der Waals surface area (Å²) in [5.74, 6) is -0.615. The lowest BCUT2D eigenvalue weighted by atomic mass is 9.93. The average molecular weight is 691 g/mol. The molecule has 46 heavy (non-hydrogen) atoms. The molecule has 0 aliphatic rings. The number of benzene rings is 4. The predicted molar refractivity (Wildman–Crippen MR) is 170 cm³/mol. The van der Waals surface area contributed by atoms with Crippen molar-refractivity contribution in [1.82, 2.24) is 9.97 Å². The summed E-state index contributed by atoms with van der Waals surface area (Å²) in [4.78, 5) is 19.5. The molecule has 5 rings (SSSR count). The van der Waals surface area contributed by atoms with Crippen LogP contribution in [-0.2, 0) is 10.0 Å². The maximum atomic E-state index is 12.9. The highest BCUT2D eigenvalue weighted by atomic mass is 35.5. The Hall–Kier alpha value is -4.52. The monoisotopic (exact) mass is 689 g/mol. The van der Waals surface area contributed by atoms with Crippen molar-refractivity contribution >= 4 is 44.9 Å². The molecule has 0 amide bonds. The van der Waals surface area contributed by atoms with Crippen LogP contribution in [0.2, 0.25) is 10.0 Å². The van der Waals surface area contributed by atoms with Gasteiger partial charge in [-0.1, -0.05) is 66.5 Å². The molecule has 4 aromatic carbocycles. The van der Waals surface area contributed by atoms with Gasteiger partial charge in [0.25, 0.3) is 0 Å². The number of rotatable bonds is 10. The molecule has 3 N–H and O–H groups in total. The number of sulfonamides is 1. The third kappa shape index (κ3) is 7.14. The van der Waals surface area contributed by atoms with Crippen LogP contribution >= 0.6 is 23.2 Å². The lowest BCUT2D eigenvalue weighted by molar-refractivity contribution is -0.0429. The smallest absolute Gasteiger partial charge is 0.478 e. The molecule has 5 aromatic rings. The average Bonchev–Trinajstić information content (AvgIpc) is 3.47. The van der Waals surface area contributed by atoms with E-state index >= 15 is 0 Å². The molecule has 0 saturated heterocycles. The number of imidazole rings is 1. The number of anilines is 1. The number of nitrogens with one attached hydrogen (secondary N) is 2. The van der Waals surface area contributed by atoms with Crippen LogP contribution in [0.25, 0.3) is 22.4 Å². The van der Waals surface area contributed by atoms with Gasteiger partial charge in [0, 0.05) is 28.8 Å². The van der Waals surface area contributed by atoms with Gasteiger partial charge in [0.2, 0.25) is 0 Å². The highest BCUT2D eigenvalue weighted by Gasteiger charge is 2.46. The van der Waals surface area contributed by atoms with Crippen LogP contribution in [0.5, 0.6) is 11.5 Å². The second-order valence-corrected chi connectivity index (χ2v) is 12.6. The number of aromatic nitrogens is 2. The van der Waals surface area contributed by atoms with Crippen molar-refractivity contribution < 1.29 is 36.2 Å². The van der Waals surface area contributed by atoms with Gasteiger partial charge >= 0.3 is 21.5 Å². The van der Waals surface area contributed by atoms with E-state index < -0.39 is 32.8 Å². The van der Waals surface area contributed by atoms with Crippen LogP contribution in [0.4, 0.5) is 18.9 Å². The molecule has 1 unspecified atom stereocenters. The van der Waals surface area contributed by atoms with E-state index in [1.165, 1.54) is 10.8 Å². The van der Waals surface area contributed by atoms with E-state index in [1.54, 1.807) is 36.4 Å². The Morgan fingerprint density at radius 2 is 1.59 bits per heavy atom. The molecule has 8 nitrogen and oxygen atoms in total. The molecule has 0 aliphatic carbocycles. The maximum Gasteiger partial charge on any atom is 0.516 e. The molecular weight excluding hydrogens is 666 g/mol. The normalized spacial score (nSPS) is 12.5. The fourth-order valence-electron chi connectivity index (χ4n) is 4.76. The minimum atomic E-state index is -5.86. The number of carboxylic acid groups (broad SMARTS) is 1. The number of hydrogen-bond donors (Lipinski definition) is 3. The first kappa shape index (κ1) is 32.9. The summed E-state index contributed by atoms with van der Waals surface area (Å²) in [5, 5.41) is 10.3. The number of carboxylic acids is 1. The number of aromatic amines is 1. The Morgan fingerprint density at radius 3 is 2.17 bits per heavy atom. The van der Waals surface area contributed by atoms with Gasteiger partial charge in [-0.15, -0.1) is 0 Å². The molecule has 238 valence electrons. The molecule has 1 aromatic heterocycles. The molecule has 0 fully saturated rings. The van der Waals surface area contributed by atoms with Gasteiger partial charge in [-0.3, -0.25) is 4.72 Å². The Morgan fingerprint density at radius 1 is 0.957 bits per heavy atom. The zero-order valence-corrected chi connectivity index (χ0v) is 26.1. The first-order chi connectivity index (χ1) is 21.8. The molecule has 0 spiro atoms. The number of aromatic carboxylic acids is 1. The Bertz CT molecular complexity index is 2000. The quantitative estimate of drug-likeness (QED) is 0.134. The summed E-state index contributed by atoms with van der Waals surface area (Å²) in [6, 6.07) is 23.0. The van der Waals surface area contributed by atoms with Crippen LogP contribution in [0.15, 0.2) is 91.1 Å². The maximum absolute atomic E-state index is 12.9. The zero-order valence-electron chi connectivity index (χ0n) is 23.8. The summed E-state index contributed by atoms with van der Waals surface area (Å²) in [6.07, 6.45) is 2.60. The van der Waals surface area contributed by atoms with Crippen molar-refractivity contribution in [2.75, 3.05) is 4.72 Å². The molecule has 0 aliphatic heterocycles. The number of halogens is 5. The van der Waals surface area contributed by atoms with E-state index in [4.69, 9.17) is 32.9 Å². The van der Waals surface area contributed by atoms with Crippen LogP contribution < -0.4 is 9.46 Å². The molecular formula is C32H24Cl2F3N3O5S. The lowest BCUT2D eigenvalue weighted by Crippen LogP contribution is -2.30. The largest absolute Gasteiger partial charge is 0.516 e. The Balaban J connectivity index is 1.31. The SMILES string of the molecule is CCC(c1ccc(-c2ccc(Oc3ccc(C(=O)O)c(NS(=O)(=O)C(F)(F)F)c3)cc2)cc1)c1nc(-c2ccc(Cl)cc2Cl)c[nH]1. The van der Waals surface area contributed by atoms with Gasteiger partial charge in [0.05, 0.1) is 22.0 Å². The second-order valence-electron chi connectivity index (χ2n) is 10.1. The highest BCUT2D eigenvalue weighted by molar-refractivity contribution is 7.93. The lowest BCUT2D eigenvalue weighted by Gasteiger charge is -2.15. The van der Waals surface area contributed by atoms with E-state index in [9.17, 15) is 31.5 Å². The van der Waals surface area contributed by atoms with Crippen molar-refractivity contribution in [2.45, 2.75) is 24.8 Å². The van der Waals surface area contributed by atoms with Gasteiger partial charge in [-0.05, 0) is 65.6 Å². The van der Waals surface area contributed by atoms with Crippen LogP contribution in [0, 0.1) is 0 Å². The molecule has 14 heteroatoms. The van der Waals surface area contributed by atoms with Crippen molar-refractivity contribution in [3.05, 3.63) is 118 Å². The summed E-state index contributed by atoms with van der Waals surface area (Å²) in [7, 11) is -5.86. The molecule has 1 heterocycles. The van der Waals surface area contributed by atoms with Gasteiger partial charge in [-0.25, -0.2) is 9.78 Å². The number of ether oxygens (including phenoxy) is 1.